The minimum absolute atomic E-state index is 0.159. The number of hydrogen-bond acceptors (Lipinski definition) is 1. The smallest absolute Gasteiger partial charge is 0.166 e. The first-order chi connectivity index (χ1) is 9.56. The average Bonchev–Trinajstić information content (AvgIpc) is 2.42. The van der Waals surface area contributed by atoms with Crippen LogP contribution >= 0.6 is 12.2 Å². The number of hydrogen-bond donors (Lipinski definition) is 2. The molecule has 0 aromatic heterocycles. The Morgan fingerprint density at radius 3 is 2.55 bits per heavy atom. The Kier molecular flexibility index (Phi) is 5.29. The van der Waals surface area contributed by atoms with E-state index in [1.807, 2.05) is 6.92 Å². The maximum absolute atomic E-state index is 13.2. The van der Waals surface area contributed by atoms with Gasteiger partial charge < -0.3 is 10.6 Å². The zero-order valence-corrected chi connectivity index (χ0v) is 12.4. The van der Waals surface area contributed by atoms with Gasteiger partial charge in [0.2, 0.25) is 0 Å². The van der Waals surface area contributed by atoms with E-state index in [0.717, 1.165) is 18.9 Å². The van der Waals surface area contributed by atoms with Gasteiger partial charge in [0.05, 0.1) is 6.04 Å². The number of halogens is 2. The van der Waals surface area contributed by atoms with Gasteiger partial charge in [0, 0.05) is 6.04 Å². The summed E-state index contributed by atoms with van der Waals surface area (Å²) in [6.07, 6.45) is 6.05. The van der Waals surface area contributed by atoms with E-state index in [0.29, 0.717) is 16.7 Å². The Balaban J connectivity index is 1.87. The molecular formula is C15H20F2N2S. The lowest BCUT2D eigenvalue weighted by Crippen LogP contribution is -2.43. The SMILES string of the molecule is C[C@@H](NC(=S)NC1CCCCC1)c1ccc(F)c(F)c1. The molecule has 0 amide bonds. The van der Waals surface area contributed by atoms with Crippen molar-refractivity contribution >= 4 is 17.3 Å². The van der Waals surface area contributed by atoms with Gasteiger partial charge >= 0.3 is 0 Å². The van der Waals surface area contributed by atoms with Gasteiger partial charge in [-0.2, -0.15) is 0 Å². The van der Waals surface area contributed by atoms with Crippen molar-refractivity contribution < 1.29 is 8.78 Å². The van der Waals surface area contributed by atoms with Gasteiger partial charge in [-0.1, -0.05) is 25.3 Å². The highest BCUT2D eigenvalue weighted by Crippen LogP contribution is 2.18. The number of nitrogens with one attached hydrogen (secondary N) is 2. The van der Waals surface area contributed by atoms with Crippen molar-refractivity contribution in [2.45, 2.75) is 51.1 Å². The molecule has 1 aromatic rings. The predicted octanol–water partition coefficient (Wildman–Crippen LogP) is 3.82. The molecule has 1 atom stereocenters. The molecule has 0 heterocycles. The molecule has 2 nitrogen and oxygen atoms in total. The van der Waals surface area contributed by atoms with E-state index < -0.39 is 11.6 Å². The molecule has 0 unspecified atom stereocenters. The van der Waals surface area contributed by atoms with Gasteiger partial charge in [-0.25, -0.2) is 8.78 Å². The van der Waals surface area contributed by atoms with Gasteiger partial charge in [-0.3, -0.25) is 0 Å². The Morgan fingerprint density at radius 2 is 1.90 bits per heavy atom. The summed E-state index contributed by atoms with van der Waals surface area (Å²) < 4.78 is 26.1. The molecule has 1 aliphatic carbocycles. The first-order valence-corrected chi connectivity index (χ1v) is 7.49. The van der Waals surface area contributed by atoms with E-state index in [2.05, 4.69) is 10.6 Å². The van der Waals surface area contributed by atoms with Crippen molar-refractivity contribution in [1.29, 1.82) is 0 Å². The number of thiocarbonyl (C=S) groups is 1. The molecule has 1 aromatic carbocycles. The summed E-state index contributed by atoms with van der Waals surface area (Å²) in [4.78, 5) is 0. The molecule has 5 heteroatoms. The molecule has 0 aliphatic heterocycles. The third-order valence-electron chi connectivity index (χ3n) is 3.73. The van der Waals surface area contributed by atoms with E-state index in [-0.39, 0.29) is 6.04 Å². The summed E-state index contributed by atoms with van der Waals surface area (Å²) in [5.74, 6) is -1.66. The lowest BCUT2D eigenvalue weighted by Gasteiger charge is -2.26. The summed E-state index contributed by atoms with van der Waals surface area (Å²) in [6.45, 7) is 1.88. The van der Waals surface area contributed by atoms with Gasteiger partial charge in [0.25, 0.3) is 0 Å². The highest BCUT2D eigenvalue weighted by Gasteiger charge is 2.15. The Morgan fingerprint density at radius 1 is 1.20 bits per heavy atom. The molecule has 1 aliphatic rings. The summed E-state index contributed by atoms with van der Waals surface area (Å²) in [7, 11) is 0. The molecule has 110 valence electrons. The van der Waals surface area contributed by atoms with Crippen LogP contribution in [0.5, 0.6) is 0 Å². The molecule has 1 fully saturated rings. The normalized spacial score (nSPS) is 17.6. The first-order valence-electron chi connectivity index (χ1n) is 7.08. The fourth-order valence-corrected chi connectivity index (χ4v) is 2.88. The second-order valence-corrected chi connectivity index (χ2v) is 5.76. The van der Waals surface area contributed by atoms with Gasteiger partial charge in [-0.15, -0.1) is 0 Å². The van der Waals surface area contributed by atoms with Gasteiger partial charge in [0.15, 0.2) is 16.7 Å². The van der Waals surface area contributed by atoms with Crippen LogP contribution in [0.15, 0.2) is 18.2 Å². The topological polar surface area (TPSA) is 24.1 Å². The average molecular weight is 298 g/mol. The van der Waals surface area contributed by atoms with Crippen LogP contribution in [0.2, 0.25) is 0 Å². The quantitative estimate of drug-likeness (QED) is 0.830. The van der Waals surface area contributed by atoms with Crippen LogP contribution in [0.25, 0.3) is 0 Å². The van der Waals surface area contributed by atoms with Crippen molar-refractivity contribution in [3.05, 3.63) is 35.4 Å². The molecule has 0 spiro atoms. The molecule has 0 bridgehead atoms. The van der Waals surface area contributed by atoms with Crippen molar-refractivity contribution in [3.8, 4) is 0 Å². The summed E-state index contributed by atoms with van der Waals surface area (Å²) in [5, 5.41) is 7.00. The van der Waals surface area contributed by atoms with Crippen LogP contribution in [-0.4, -0.2) is 11.2 Å². The summed E-state index contributed by atoms with van der Waals surface area (Å²) in [5.41, 5.74) is 0.677. The van der Waals surface area contributed by atoms with E-state index in [9.17, 15) is 8.78 Å². The second kappa shape index (κ2) is 6.97. The third kappa shape index (κ3) is 4.13. The van der Waals surface area contributed by atoms with Crippen LogP contribution in [-0.2, 0) is 0 Å². The summed E-state index contributed by atoms with van der Waals surface area (Å²) in [6, 6.07) is 4.19. The van der Waals surface area contributed by atoms with Crippen LogP contribution in [0.4, 0.5) is 8.78 Å². The van der Waals surface area contributed by atoms with Gasteiger partial charge in [-0.05, 0) is 49.7 Å². The second-order valence-electron chi connectivity index (χ2n) is 5.35. The molecule has 20 heavy (non-hydrogen) atoms. The van der Waals surface area contributed by atoms with Gasteiger partial charge in [0.1, 0.15) is 0 Å². The Hall–Kier alpha value is -1.23. The minimum atomic E-state index is -0.831. The molecule has 2 rings (SSSR count). The van der Waals surface area contributed by atoms with Crippen molar-refractivity contribution in [3.63, 3.8) is 0 Å². The predicted molar refractivity (Wildman–Crippen MR) is 80.5 cm³/mol. The Labute approximate surface area is 123 Å². The van der Waals surface area contributed by atoms with E-state index in [1.54, 1.807) is 6.07 Å². The zero-order chi connectivity index (χ0) is 14.5. The summed E-state index contributed by atoms with van der Waals surface area (Å²) >= 11 is 5.28. The van der Waals surface area contributed by atoms with Crippen molar-refractivity contribution in [2.24, 2.45) is 0 Å². The Bertz CT molecular complexity index is 473. The number of benzene rings is 1. The maximum atomic E-state index is 13.2. The highest BCUT2D eigenvalue weighted by molar-refractivity contribution is 7.80. The molecule has 1 saturated carbocycles. The monoisotopic (exact) mass is 298 g/mol. The van der Waals surface area contributed by atoms with Crippen LogP contribution in [0, 0.1) is 11.6 Å². The lowest BCUT2D eigenvalue weighted by molar-refractivity contribution is 0.411. The largest absolute Gasteiger partial charge is 0.360 e. The number of rotatable bonds is 3. The van der Waals surface area contributed by atoms with Crippen LogP contribution in [0.1, 0.15) is 50.6 Å². The minimum Gasteiger partial charge on any atom is -0.360 e. The molecule has 0 radical (unpaired) electrons. The van der Waals surface area contributed by atoms with E-state index in [4.69, 9.17) is 12.2 Å². The maximum Gasteiger partial charge on any atom is 0.166 e. The lowest BCUT2D eigenvalue weighted by atomic mass is 9.96. The van der Waals surface area contributed by atoms with Crippen LogP contribution in [0.3, 0.4) is 0 Å². The van der Waals surface area contributed by atoms with Crippen molar-refractivity contribution in [2.75, 3.05) is 0 Å². The standard InChI is InChI=1S/C15H20F2N2S/c1-10(11-7-8-13(16)14(17)9-11)18-15(20)19-12-5-3-2-4-6-12/h7-10,12H,2-6H2,1H3,(H2,18,19,20)/t10-/m1/s1. The molecule has 2 N–H and O–H groups in total. The molecule has 0 saturated heterocycles. The third-order valence-corrected chi connectivity index (χ3v) is 3.97. The fraction of sp³-hybridized carbons (Fsp3) is 0.533. The first kappa shape index (κ1) is 15.2. The molecular weight excluding hydrogens is 278 g/mol. The highest BCUT2D eigenvalue weighted by atomic mass is 32.1. The van der Waals surface area contributed by atoms with E-state index >= 15 is 0 Å². The van der Waals surface area contributed by atoms with Crippen molar-refractivity contribution in [1.82, 2.24) is 10.6 Å². The fourth-order valence-electron chi connectivity index (χ4n) is 2.54. The zero-order valence-electron chi connectivity index (χ0n) is 11.6. The van der Waals surface area contributed by atoms with Crippen LogP contribution < -0.4 is 10.6 Å². The van der Waals surface area contributed by atoms with E-state index in [1.165, 1.54) is 25.3 Å².